The summed E-state index contributed by atoms with van der Waals surface area (Å²) in [4.78, 5) is 25.8. The molecule has 132 valence electrons. The van der Waals surface area contributed by atoms with Crippen molar-refractivity contribution in [2.45, 2.75) is 57.3 Å². The summed E-state index contributed by atoms with van der Waals surface area (Å²) in [7, 11) is 0. The number of alkyl halides is 1. The third-order valence-corrected chi connectivity index (χ3v) is 5.85. The van der Waals surface area contributed by atoms with Crippen LogP contribution in [0.4, 0.5) is 4.39 Å². The molecule has 0 amide bonds. The van der Waals surface area contributed by atoms with E-state index in [0.717, 1.165) is 51.6 Å². The van der Waals surface area contributed by atoms with Crippen LogP contribution >= 0.6 is 0 Å². The summed E-state index contributed by atoms with van der Waals surface area (Å²) < 4.78 is 20.0. The number of halogens is 1. The molecule has 0 radical (unpaired) electrons. The molecule has 1 aromatic heterocycles. The summed E-state index contributed by atoms with van der Waals surface area (Å²) >= 11 is 0. The van der Waals surface area contributed by atoms with Crippen molar-refractivity contribution in [2.24, 2.45) is 5.92 Å². The SMILES string of the molecule is O=c1c2c(n(CC3CC3)c(=O)n1C1CC1)=CC(=[N+]1CCCC1)C(F)C=2. The van der Waals surface area contributed by atoms with Crippen molar-refractivity contribution in [3.63, 3.8) is 0 Å². The molecular formula is C19H23FN3O2+. The van der Waals surface area contributed by atoms with E-state index in [1.54, 1.807) is 10.6 Å². The normalized spacial score (nSPS) is 25.6. The van der Waals surface area contributed by atoms with E-state index in [4.69, 9.17) is 0 Å². The molecule has 2 heterocycles. The fraction of sp³-hybridized carbons (Fsp3) is 0.632. The highest BCUT2D eigenvalue weighted by Gasteiger charge is 2.33. The molecular weight excluding hydrogens is 321 g/mol. The van der Waals surface area contributed by atoms with Crippen LogP contribution in [0.15, 0.2) is 9.59 Å². The van der Waals surface area contributed by atoms with Crippen LogP contribution in [0, 0.1) is 5.92 Å². The molecule has 0 aromatic carbocycles. The van der Waals surface area contributed by atoms with Crippen molar-refractivity contribution in [1.29, 1.82) is 0 Å². The van der Waals surface area contributed by atoms with Crippen LogP contribution in [0.1, 0.15) is 44.6 Å². The first-order chi connectivity index (χ1) is 12.1. The van der Waals surface area contributed by atoms with Crippen molar-refractivity contribution in [1.82, 2.24) is 9.13 Å². The maximum atomic E-state index is 14.8. The van der Waals surface area contributed by atoms with E-state index in [9.17, 15) is 14.0 Å². The lowest BCUT2D eigenvalue weighted by Gasteiger charge is -2.15. The Morgan fingerprint density at radius 1 is 1.12 bits per heavy atom. The topological polar surface area (TPSA) is 47.0 Å². The lowest BCUT2D eigenvalue weighted by molar-refractivity contribution is -0.506. The molecule has 4 aliphatic rings. The molecule has 5 rings (SSSR count). The monoisotopic (exact) mass is 344 g/mol. The molecule has 1 atom stereocenters. The van der Waals surface area contributed by atoms with Crippen LogP contribution in [0.2, 0.25) is 0 Å². The van der Waals surface area contributed by atoms with Gasteiger partial charge in [0.1, 0.15) is 13.1 Å². The van der Waals surface area contributed by atoms with Gasteiger partial charge in [-0.25, -0.2) is 13.8 Å². The summed E-state index contributed by atoms with van der Waals surface area (Å²) in [5, 5.41) is 0.997. The first-order valence-corrected chi connectivity index (χ1v) is 9.48. The van der Waals surface area contributed by atoms with Crippen LogP contribution in [-0.4, -0.2) is 38.7 Å². The highest BCUT2D eigenvalue weighted by atomic mass is 19.1. The van der Waals surface area contributed by atoms with Gasteiger partial charge in [0.15, 0.2) is 0 Å². The third kappa shape index (κ3) is 2.53. The third-order valence-electron chi connectivity index (χ3n) is 5.85. The Morgan fingerprint density at radius 3 is 2.48 bits per heavy atom. The molecule has 25 heavy (non-hydrogen) atoms. The van der Waals surface area contributed by atoms with Crippen molar-refractivity contribution >= 4 is 17.9 Å². The van der Waals surface area contributed by atoms with Gasteiger partial charge >= 0.3 is 5.69 Å². The average Bonchev–Trinajstić information content (AvgIpc) is 3.52. The smallest absolute Gasteiger partial charge is 0.293 e. The molecule has 1 aromatic rings. The second kappa shape index (κ2) is 5.51. The molecule has 2 saturated carbocycles. The largest absolute Gasteiger partial charge is 0.331 e. The van der Waals surface area contributed by atoms with Gasteiger partial charge in [-0.3, -0.25) is 13.9 Å². The van der Waals surface area contributed by atoms with Gasteiger partial charge in [0.2, 0.25) is 11.9 Å². The van der Waals surface area contributed by atoms with E-state index in [1.807, 2.05) is 0 Å². The van der Waals surface area contributed by atoms with Gasteiger partial charge in [-0.05, 0) is 37.7 Å². The predicted molar refractivity (Wildman–Crippen MR) is 93.3 cm³/mol. The Kier molecular flexibility index (Phi) is 3.37. The minimum absolute atomic E-state index is 0.00572. The van der Waals surface area contributed by atoms with Crippen LogP contribution in [0.3, 0.4) is 0 Å². The predicted octanol–water partition coefficient (Wildman–Crippen LogP) is -0.0851. The Balaban J connectivity index is 1.81. The van der Waals surface area contributed by atoms with Crippen molar-refractivity contribution in [2.75, 3.05) is 13.1 Å². The zero-order valence-corrected chi connectivity index (χ0v) is 14.3. The number of aromatic nitrogens is 2. The molecule has 1 unspecified atom stereocenters. The molecule has 0 N–H and O–H groups in total. The zero-order chi connectivity index (χ0) is 17.1. The molecule has 3 aliphatic carbocycles. The Bertz CT molecular complexity index is 1000. The quantitative estimate of drug-likeness (QED) is 0.720. The maximum Gasteiger partial charge on any atom is 0.331 e. The zero-order valence-electron chi connectivity index (χ0n) is 14.3. The van der Waals surface area contributed by atoms with Gasteiger partial charge in [0.05, 0.1) is 10.6 Å². The fourth-order valence-corrected chi connectivity index (χ4v) is 4.10. The minimum Gasteiger partial charge on any atom is -0.293 e. The number of hydrogen-bond acceptors (Lipinski definition) is 2. The number of rotatable bonds is 3. The van der Waals surface area contributed by atoms with Gasteiger partial charge in [0, 0.05) is 31.5 Å². The summed E-state index contributed by atoms with van der Waals surface area (Å²) in [5.41, 5.74) is 0.0901. The van der Waals surface area contributed by atoms with Gasteiger partial charge < -0.3 is 0 Å². The lowest BCUT2D eigenvalue weighted by atomic mass is 10.1. The average molecular weight is 344 g/mol. The van der Waals surface area contributed by atoms with Crippen LogP contribution in [0.25, 0.3) is 12.2 Å². The minimum atomic E-state index is -1.27. The summed E-state index contributed by atoms with van der Waals surface area (Å²) in [6.45, 7) is 2.34. The first kappa shape index (κ1) is 15.3. The second-order valence-electron chi connectivity index (χ2n) is 7.87. The summed E-state index contributed by atoms with van der Waals surface area (Å²) in [5.74, 6) is 0.513. The van der Waals surface area contributed by atoms with Crippen LogP contribution < -0.4 is 21.8 Å². The highest BCUT2D eigenvalue weighted by molar-refractivity contribution is 6.13. The molecule has 5 nitrogen and oxygen atoms in total. The van der Waals surface area contributed by atoms with Gasteiger partial charge in [-0.15, -0.1) is 0 Å². The molecule has 3 fully saturated rings. The standard InChI is InChI=1S/C19H23FN3O2/c20-15-9-14-16(10-17(15)21-7-1-2-8-21)22(11-12-3-4-12)19(25)23(18(14)24)13-5-6-13/h9-10,12-13,15H,1-8,11H2/q+1. The van der Waals surface area contributed by atoms with Crippen molar-refractivity contribution in [3.8, 4) is 0 Å². The van der Waals surface area contributed by atoms with E-state index in [2.05, 4.69) is 4.58 Å². The number of nitrogens with zero attached hydrogens (tertiary/aromatic N) is 3. The lowest BCUT2D eigenvalue weighted by Crippen LogP contribution is -2.60. The van der Waals surface area contributed by atoms with E-state index < -0.39 is 6.17 Å². The molecule has 0 bridgehead atoms. The highest BCUT2D eigenvalue weighted by Crippen LogP contribution is 2.32. The number of fused-ring (bicyclic) bond motifs is 1. The second-order valence-corrected chi connectivity index (χ2v) is 7.87. The van der Waals surface area contributed by atoms with E-state index in [0.29, 0.717) is 28.7 Å². The molecule has 1 aliphatic heterocycles. The number of hydrogen-bond donors (Lipinski definition) is 0. The van der Waals surface area contributed by atoms with Gasteiger partial charge in [0.25, 0.3) is 5.56 Å². The van der Waals surface area contributed by atoms with E-state index >= 15 is 0 Å². The van der Waals surface area contributed by atoms with Crippen molar-refractivity contribution < 1.29 is 8.97 Å². The van der Waals surface area contributed by atoms with E-state index in [-0.39, 0.29) is 17.3 Å². The first-order valence-electron chi connectivity index (χ1n) is 9.48. The van der Waals surface area contributed by atoms with Crippen molar-refractivity contribution in [3.05, 3.63) is 31.4 Å². The Hall–Kier alpha value is -1.98. The summed E-state index contributed by atoms with van der Waals surface area (Å²) in [6, 6.07) is 0.00572. The van der Waals surface area contributed by atoms with Crippen LogP contribution in [-0.2, 0) is 6.54 Å². The van der Waals surface area contributed by atoms with E-state index in [1.165, 1.54) is 10.6 Å². The van der Waals surface area contributed by atoms with Gasteiger partial charge in [-0.1, -0.05) is 0 Å². The fourth-order valence-electron chi connectivity index (χ4n) is 4.10. The molecule has 6 heteroatoms. The summed E-state index contributed by atoms with van der Waals surface area (Å²) in [6.07, 6.45) is 8.06. The Morgan fingerprint density at radius 2 is 1.84 bits per heavy atom. The molecule has 0 spiro atoms. The van der Waals surface area contributed by atoms with Crippen LogP contribution in [0.5, 0.6) is 0 Å². The van der Waals surface area contributed by atoms with Gasteiger partial charge in [-0.2, -0.15) is 0 Å². The molecule has 1 saturated heterocycles. The maximum absolute atomic E-state index is 14.8. The Labute approximate surface area is 144 Å².